The zero-order chi connectivity index (χ0) is 23.0. The molecular weight excluding hydrogens is 402 g/mol. The van der Waals surface area contributed by atoms with Crippen molar-refractivity contribution < 1.29 is 34.8 Å². The molecule has 0 aromatic rings. The molecule has 8 heteroatoms. The Kier molecular flexibility index (Phi) is 4.40. The Balaban J connectivity index is 2.01. The number of nitrogens with two attached hydrogens (primary N) is 1. The monoisotopic (exact) mass is 426 g/mol. The highest BCUT2D eigenvalue weighted by Gasteiger charge is 2.60. The van der Waals surface area contributed by atoms with E-state index in [0.29, 0.717) is 5.57 Å². The minimum atomic E-state index is -2.49. The second-order valence-corrected chi connectivity index (χ2v) is 8.92. The molecule has 4 atom stereocenters. The number of ketones is 2. The van der Waals surface area contributed by atoms with E-state index >= 15 is 0 Å². The number of primary amides is 1. The summed E-state index contributed by atoms with van der Waals surface area (Å²) >= 11 is 0. The van der Waals surface area contributed by atoms with E-state index in [-0.39, 0.29) is 24.0 Å². The van der Waals surface area contributed by atoms with E-state index < -0.39 is 63.5 Å². The Hall–Kier alpha value is -3.10. The number of carbonyl (C=O) groups excluding carboxylic acids is 3. The van der Waals surface area contributed by atoms with Crippen molar-refractivity contribution in [2.75, 3.05) is 0 Å². The standard InChI is InChI=1S/C23H24NO7/c1-4-10-5-6-13(25)14-11(10)7-22(3)8-12-9(2)17(26)15(21(24)30)19(28)23(12,31)20(29)16(22)18(14)27/h4-6,9,12,27-29,31H,7-8H2,1-3H3,(H2,24,30)/q-1. The highest BCUT2D eigenvalue weighted by atomic mass is 16.4. The molecule has 0 spiro atoms. The molecule has 164 valence electrons. The molecule has 0 bridgehead atoms. The Morgan fingerprint density at radius 3 is 2.48 bits per heavy atom. The number of Topliss-reactive ketones (excluding diaryl/α,β-unsaturated/α-hetero) is 1. The lowest BCUT2D eigenvalue weighted by Crippen LogP contribution is -2.58. The number of amides is 1. The van der Waals surface area contributed by atoms with Gasteiger partial charge in [0.2, 0.25) is 0 Å². The van der Waals surface area contributed by atoms with E-state index in [4.69, 9.17) is 5.73 Å². The number of aliphatic hydroxyl groups excluding tert-OH is 3. The highest BCUT2D eigenvalue weighted by Crippen LogP contribution is 2.62. The van der Waals surface area contributed by atoms with Gasteiger partial charge in [0, 0.05) is 11.8 Å². The van der Waals surface area contributed by atoms with Gasteiger partial charge in [-0.2, -0.15) is 0 Å². The van der Waals surface area contributed by atoms with Crippen molar-refractivity contribution in [2.24, 2.45) is 23.0 Å². The number of rotatable bonds is 1. The van der Waals surface area contributed by atoms with Crippen molar-refractivity contribution in [3.63, 3.8) is 0 Å². The number of aliphatic hydroxyl groups is 4. The maximum absolute atomic E-state index is 12.7. The average molecular weight is 426 g/mol. The minimum absolute atomic E-state index is 0.0233. The van der Waals surface area contributed by atoms with Gasteiger partial charge in [0.25, 0.3) is 5.91 Å². The van der Waals surface area contributed by atoms with Crippen LogP contribution >= 0.6 is 0 Å². The van der Waals surface area contributed by atoms with E-state index in [1.54, 1.807) is 19.9 Å². The summed E-state index contributed by atoms with van der Waals surface area (Å²) < 4.78 is 0. The molecule has 31 heavy (non-hydrogen) atoms. The van der Waals surface area contributed by atoms with Gasteiger partial charge in [0.1, 0.15) is 22.7 Å². The number of hydrogen-bond donors (Lipinski definition) is 5. The minimum Gasteiger partial charge on any atom is -0.551 e. The van der Waals surface area contributed by atoms with Crippen molar-refractivity contribution in [2.45, 2.75) is 39.2 Å². The normalized spacial score (nSPS) is 36.7. The summed E-state index contributed by atoms with van der Waals surface area (Å²) in [5, 5.41) is 44.4. The highest BCUT2D eigenvalue weighted by molar-refractivity contribution is 6.21. The first-order valence-corrected chi connectivity index (χ1v) is 10.0. The summed E-state index contributed by atoms with van der Waals surface area (Å²) in [6, 6.07) is 0. The largest absolute Gasteiger partial charge is 0.551 e. The fourth-order valence-corrected chi connectivity index (χ4v) is 5.61. The molecule has 4 aliphatic carbocycles. The lowest BCUT2D eigenvalue weighted by molar-refractivity contribution is -0.136. The topological polar surface area (TPSA) is 158 Å². The van der Waals surface area contributed by atoms with Crippen LogP contribution in [0.3, 0.4) is 0 Å². The van der Waals surface area contributed by atoms with E-state index in [2.05, 4.69) is 0 Å². The molecule has 0 saturated carbocycles. The SMILES string of the molecule is CC=C1C=CC(=O)C2=C1CC1(C)CC3C(C)C(=O)C(C(N)=O)=C(O)C3(O)C(O)=C1[C-]2O. The van der Waals surface area contributed by atoms with Gasteiger partial charge in [-0.1, -0.05) is 55.2 Å². The molecule has 0 fully saturated rings. The first-order valence-electron chi connectivity index (χ1n) is 10.0. The Labute approximate surface area is 178 Å². The average Bonchev–Trinajstić information content (AvgIpc) is 2.68. The first kappa shape index (κ1) is 21.1. The van der Waals surface area contributed by atoms with Crippen LogP contribution < -0.4 is 5.73 Å². The maximum Gasteiger partial charge on any atom is 0.255 e. The van der Waals surface area contributed by atoms with Crippen LogP contribution in [0.4, 0.5) is 0 Å². The van der Waals surface area contributed by atoms with Crippen LogP contribution in [-0.2, 0) is 14.4 Å². The Morgan fingerprint density at radius 1 is 1.26 bits per heavy atom. The fourth-order valence-electron chi connectivity index (χ4n) is 5.61. The number of carbonyl (C=O) groups is 3. The van der Waals surface area contributed by atoms with E-state index in [0.717, 1.165) is 5.57 Å². The molecule has 0 radical (unpaired) electrons. The summed E-state index contributed by atoms with van der Waals surface area (Å²) in [5.41, 5.74) is 2.36. The van der Waals surface area contributed by atoms with Crippen LogP contribution in [0, 0.1) is 23.4 Å². The van der Waals surface area contributed by atoms with Gasteiger partial charge in [-0.05, 0) is 24.9 Å². The van der Waals surface area contributed by atoms with E-state index in [1.165, 1.54) is 13.0 Å². The predicted octanol–water partition coefficient (Wildman–Crippen LogP) is 1.76. The molecule has 0 aromatic carbocycles. The molecule has 6 N–H and O–H groups in total. The molecule has 0 heterocycles. The van der Waals surface area contributed by atoms with Crippen LogP contribution in [0.1, 0.15) is 33.6 Å². The van der Waals surface area contributed by atoms with Crippen molar-refractivity contribution in [1.29, 1.82) is 0 Å². The van der Waals surface area contributed by atoms with Gasteiger partial charge in [-0.3, -0.25) is 9.59 Å². The van der Waals surface area contributed by atoms with Crippen LogP contribution in [0.2, 0.25) is 0 Å². The molecule has 8 nitrogen and oxygen atoms in total. The second kappa shape index (κ2) is 6.45. The van der Waals surface area contributed by atoms with Gasteiger partial charge in [0.05, 0.1) is 5.76 Å². The summed E-state index contributed by atoms with van der Waals surface area (Å²) in [5.74, 6) is -6.11. The lowest BCUT2D eigenvalue weighted by atomic mass is 9.52. The number of allylic oxidation sites excluding steroid dienone is 5. The van der Waals surface area contributed by atoms with Crippen LogP contribution in [0.15, 0.2) is 57.6 Å². The molecular formula is C23H24NO7-. The number of hydrogen-bond acceptors (Lipinski definition) is 7. The first-order chi connectivity index (χ1) is 14.4. The van der Waals surface area contributed by atoms with Gasteiger partial charge in [-0.25, -0.2) is 0 Å². The zero-order valence-electron chi connectivity index (χ0n) is 17.4. The van der Waals surface area contributed by atoms with Gasteiger partial charge < -0.3 is 31.0 Å². The smallest absolute Gasteiger partial charge is 0.255 e. The molecule has 4 rings (SSSR count). The van der Waals surface area contributed by atoms with Gasteiger partial charge in [-0.15, -0.1) is 5.57 Å². The third kappa shape index (κ3) is 2.49. The summed E-state index contributed by atoms with van der Waals surface area (Å²) in [6.45, 7) is 5.06. The third-order valence-electron chi connectivity index (χ3n) is 7.18. The second-order valence-electron chi connectivity index (χ2n) is 8.92. The zero-order valence-corrected chi connectivity index (χ0v) is 17.4. The Bertz CT molecular complexity index is 1100. The predicted molar refractivity (Wildman–Crippen MR) is 109 cm³/mol. The summed E-state index contributed by atoms with van der Waals surface area (Å²) in [4.78, 5) is 37.1. The molecule has 0 saturated heterocycles. The molecule has 4 aliphatic rings. The van der Waals surface area contributed by atoms with Crippen molar-refractivity contribution in [3.05, 3.63) is 63.7 Å². The molecule has 1 amide bonds. The van der Waals surface area contributed by atoms with Gasteiger partial charge >= 0.3 is 0 Å². The van der Waals surface area contributed by atoms with Crippen molar-refractivity contribution >= 4 is 17.5 Å². The van der Waals surface area contributed by atoms with Crippen LogP contribution in [0.25, 0.3) is 0 Å². The molecule has 0 aromatic heterocycles. The van der Waals surface area contributed by atoms with E-state index in [9.17, 15) is 34.8 Å². The summed E-state index contributed by atoms with van der Waals surface area (Å²) in [7, 11) is 0. The van der Waals surface area contributed by atoms with Crippen LogP contribution in [-0.4, -0.2) is 43.5 Å². The fraction of sp³-hybridized carbons (Fsp3) is 0.391. The molecule has 4 unspecified atom stereocenters. The van der Waals surface area contributed by atoms with Crippen molar-refractivity contribution in [3.8, 4) is 0 Å². The quantitative estimate of drug-likeness (QED) is 0.316. The van der Waals surface area contributed by atoms with Crippen molar-refractivity contribution in [1.82, 2.24) is 0 Å². The maximum atomic E-state index is 12.7. The lowest BCUT2D eigenvalue weighted by Gasteiger charge is -2.57. The molecule has 0 aliphatic heterocycles. The van der Waals surface area contributed by atoms with Gasteiger partial charge in [0.15, 0.2) is 5.78 Å². The van der Waals surface area contributed by atoms with Crippen LogP contribution in [0.5, 0.6) is 0 Å². The third-order valence-corrected chi connectivity index (χ3v) is 7.18. The summed E-state index contributed by atoms with van der Waals surface area (Å²) in [6.07, 6.45) is 4.66. The number of fused-ring (bicyclic) bond motifs is 2. The van der Waals surface area contributed by atoms with E-state index in [1.807, 2.05) is 6.08 Å². The Morgan fingerprint density at radius 2 is 1.90 bits per heavy atom.